The number of carbonyl (C=O) groups is 3. The Hall–Kier alpha value is -3.35. The van der Waals surface area contributed by atoms with Crippen LogP contribution in [-0.4, -0.2) is 30.9 Å². The third kappa shape index (κ3) is 11.6. The molecule has 0 heterocycles. The number of rotatable bonds is 6. The standard InChI is InChI=1S/C11H8Cl2F2O2.C10H8F2O3.C6H3BrF2/c1-2-17-11(16)9(10(12)13)7-5-6(14)3-4-8(7)15;1-2-15-10(14)9(13)7-5-6(11)3-4-8(7)12;7-5-3-4(8)1-2-6(5)9/h3-5H,2H2,1H3;3-5H,2H2,1H3;1-3H. The summed E-state index contributed by atoms with van der Waals surface area (Å²) in [5, 5.41) is 0. The summed E-state index contributed by atoms with van der Waals surface area (Å²) in [5.74, 6) is -7.43. The Morgan fingerprint density at radius 3 is 1.51 bits per heavy atom. The Morgan fingerprint density at radius 2 is 1.07 bits per heavy atom. The minimum absolute atomic E-state index is 0.00150. The van der Waals surface area contributed by atoms with Crippen LogP contribution in [0.2, 0.25) is 0 Å². The summed E-state index contributed by atoms with van der Waals surface area (Å²) in [4.78, 5) is 33.7. The molecule has 0 spiro atoms. The fourth-order valence-corrected chi connectivity index (χ4v) is 3.34. The first-order valence-electron chi connectivity index (χ1n) is 11.2. The molecule has 0 amide bonds. The predicted molar refractivity (Wildman–Crippen MR) is 143 cm³/mol. The largest absolute Gasteiger partial charge is 0.462 e. The highest BCUT2D eigenvalue weighted by Crippen LogP contribution is 2.28. The van der Waals surface area contributed by atoms with E-state index in [-0.39, 0.29) is 23.2 Å². The third-order valence-corrected chi connectivity index (χ3v) is 5.37. The van der Waals surface area contributed by atoms with Gasteiger partial charge in [-0.05, 0) is 84.4 Å². The molecule has 41 heavy (non-hydrogen) atoms. The molecule has 5 nitrogen and oxygen atoms in total. The van der Waals surface area contributed by atoms with Crippen molar-refractivity contribution in [3.63, 3.8) is 0 Å². The number of carbonyl (C=O) groups excluding carboxylic acids is 3. The first-order valence-corrected chi connectivity index (χ1v) is 12.7. The maximum atomic E-state index is 13.5. The number of Topliss-reactive ketones (excluding diaryl/α,β-unsaturated/α-hetero) is 1. The lowest BCUT2D eigenvalue weighted by molar-refractivity contribution is -0.137. The predicted octanol–water partition coefficient (Wildman–Crippen LogP) is 8.11. The lowest BCUT2D eigenvalue weighted by Crippen LogP contribution is -2.18. The van der Waals surface area contributed by atoms with Crippen molar-refractivity contribution in [2.75, 3.05) is 13.2 Å². The molecule has 0 radical (unpaired) electrons. The minimum Gasteiger partial charge on any atom is -0.462 e. The molecule has 0 fully saturated rings. The molecule has 0 bridgehead atoms. The van der Waals surface area contributed by atoms with E-state index in [9.17, 15) is 40.7 Å². The van der Waals surface area contributed by atoms with Crippen molar-refractivity contribution in [3.05, 3.63) is 110 Å². The minimum atomic E-state index is -1.19. The van der Waals surface area contributed by atoms with Gasteiger partial charge in [0, 0.05) is 5.56 Å². The van der Waals surface area contributed by atoms with Crippen molar-refractivity contribution in [3.8, 4) is 0 Å². The molecule has 0 aliphatic heterocycles. The van der Waals surface area contributed by atoms with E-state index >= 15 is 0 Å². The first kappa shape index (κ1) is 35.7. The highest BCUT2D eigenvalue weighted by atomic mass is 79.9. The van der Waals surface area contributed by atoms with Crippen molar-refractivity contribution in [1.29, 1.82) is 0 Å². The molecule has 0 unspecified atom stereocenters. The summed E-state index contributed by atoms with van der Waals surface area (Å²) >= 11 is 13.8. The van der Waals surface area contributed by atoms with Crippen LogP contribution in [0.3, 0.4) is 0 Å². The highest BCUT2D eigenvalue weighted by Gasteiger charge is 2.22. The van der Waals surface area contributed by atoms with Gasteiger partial charge in [0.2, 0.25) is 0 Å². The molecular weight excluding hydrogens is 669 g/mol. The van der Waals surface area contributed by atoms with Crippen LogP contribution in [-0.2, 0) is 19.1 Å². The van der Waals surface area contributed by atoms with Gasteiger partial charge in [0.15, 0.2) is 0 Å². The zero-order chi connectivity index (χ0) is 31.3. The quantitative estimate of drug-likeness (QED) is 0.0654. The van der Waals surface area contributed by atoms with E-state index in [0.717, 1.165) is 48.5 Å². The zero-order valence-electron chi connectivity index (χ0n) is 21.1. The summed E-state index contributed by atoms with van der Waals surface area (Å²) in [7, 11) is 0. The maximum absolute atomic E-state index is 13.5. The average molecular weight is 688 g/mol. The summed E-state index contributed by atoms with van der Waals surface area (Å²) < 4.78 is 85.3. The van der Waals surface area contributed by atoms with Crippen LogP contribution < -0.4 is 0 Å². The van der Waals surface area contributed by atoms with E-state index in [4.69, 9.17) is 23.2 Å². The van der Waals surface area contributed by atoms with Gasteiger partial charge in [-0.1, -0.05) is 23.2 Å². The van der Waals surface area contributed by atoms with Gasteiger partial charge >= 0.3 is 11.9 Å². The van der Waals surface area contributed by atoms with E-state index in [2.05, 4.69) is 25.4 Å². The SMILES string of the molecule is CCOC(=O)C(=C(Cl)Cl)c1cc(F)ccc1F.CCOC(=O)C(=O)c1cc(F)ccc1F.Fc1ccc(F)c(Br)c1. The van der Waals surface area contributed by atoms with E-state index < -0.39 is 68.3 Å². The van der Waals surface area contributed by atoms with Gasteiger partial charge < -0.3 is 9.47 Å². The lowest BCUT2D eigenvalue weighted by Gasteiger charge is -2.08. The second-order valence-electron chi connectivity index (χ2n) is 7.21. The number of ether oxygens (including phenoxy) is 2. The average Bonchev–Trinajstić information content (AvgIpc) is 2.90. The molecule has 220 valence electrons. The number of benzene rings is 3. The van der Waals surface area contributed by atoms with Gasteiger partial charge in [-0.2, -0.15) is 0 Å². The maximum Gasteiger partial charge on any atom is 0.379 e. The van der Waals surface area contributed by atoms with Gasteiger partial charge in [0.05, 0.1) is 23.2 Å². The Kier molecular flexibility index (Phi) is 15.2. The van der Waals surface area contributed by atoms with E-state index in [1.807, 2.05) is 0 Å². The molecule has 0 aromatic heterocycles. The molecule has 3 rings (SSSR count). The van der Waals surface area contributed by atoms with Gasteiger partial charge in [0.1, 0.15) is 45.0 Å². The lowest BCUT2D eigenvalue weighted by atomic mass is 10.1. The fourth-order valence-electron chi connectivity index (χ4n) is 2.63. The number of ketones is 1. The summed E-state index contributed by atoms with van der Waals surface area (Å²) in [5.41, 5.74) is -1.34. The second kappa shape index (κ2) is 17.5. The Bertz CT molecular complexity index is 1430. The molecule has 0 saturated heterocycles. The van der Waals surface area contributed by atoms with Crippen LogP contribution in [0.5, 0.6) is 0 Å². The third-order valence-electron chi connectivity index (χ3n) is 4.38. The van der Waals surface area contributed by atoms with Gasteiger partial charge in [-0.3, -0.25) is 4.79 Å². The smallest absolute Gasteiger partial charge is 0.379 e. The van der Waals surface area contributed by atoms with Gasteiger partial charge in [-0.25, -0.2) is 35.9 Å². The second-order valence-corrected chi connectivity index (χ2v) is 9.02. The van der Waals surface area contributed by atoms with Gasteiger partial charge in [-0.15, -0.1) is 0 Å². The van der Waals surface area contributed by atoms with Crippen LogP contribution in [0.15, 0.2) is 63.6 Å². The zero-order valence-corrected chi connectivity index (χ0v) is 24.2. The Balaban J connectivity index is 0.000000321. The topological polar surface area (TPSA) is 69.7 Å². The highest BCUT2D eigenvalue weighted by molar-refractivity contribution is 9.10. The molecule has 0 aliphatic carbocycles. The Labute approximate surface area is 248 Å². The van der Waals surface area contributed by atoms with Crippen LogP contribution in [0.1, 0.15) is 29.8 Å². The molecule has 0 N–H and O–H groups in total. The summed E-state index contributed by atoms with van der Waals surface area (Å²) in [6, 6.07) is 8.14. The normalized spacial score (nSPS) is 9.83. The number of halogens is 9. The molecule has 0 aliphatic rings. The fraction of sp³-hybridized carbons (Fsp3) is 0.148. The van der Waals surface area contributed by atoms with Crippen molar-refractivity contribution < 1.29 is 50.2 Å². The molecular formula is C27H19BrCl2F6O5. The Morgan fingerprint density at radius 1 is 0.659 bits per heavy atom. The van der Waals surface area contributed by atoms with Crippen molar-refractivity contribution in [1.82, 2.24) is 0 Å². The summed E-state index contributed by atoms with van der Waals surface area (Å²) in [6.45, 7) is 3.15. The molecule has 14 heteroatoms. The van der Waals surface area contributed by atoms with Crippen LogP contribution in [0.4, 0.5) is 26.3 Å². The number of hydrogen-bond acceptors (Lipinski definition) is 5. The van der Waals surface area contributed by atoms with Crippen molar-refractivity contribution in [2.24, 2.45) is 0 Å². The number of hydrogen-bond donors (Lipinski definition) is 0. The first-order chi connectivity index (χ1) is 19.2. The monoisotopic (exact) mass is 686 g/mol. The van der Waals surface area contributed by atoms with Crippen molar-refractivity contribution >= 4 is 62.4 Å². The van der Waals surface area contributed by atoms with E-state index in [1.54, 1.807) is 6.92 Å². The van der Waals surface area contributed by atoms with Crippen molar-refractivity contribution in [2.45, 2.75) is 13.8 Å². The molecule has 3 aromatic carbocycles. The van der Waals surface area contributed by atoms with Crippen LogP contribution in [0, 0.1) is 34.9 Å². The molecule has 3 aromatic rings. The van der Waals surface area contributed by atoms with Gasteiger partial charge in [0.25, 0.3) is 5.78 Å². The molecule has 0 saturated carbocycles. The number of esters is 2. The van der Waals surface area contributed by atoms with E-state index in [0.29, 0.717) is 6.07 Å². The van der Waals surface area contributed by atoms with Crippen LogP contribution >= 0.6 is 39.1 Å². The molecule has 0 atom stereocenters. The van der Waals surface area contributed by atoms with Crippen LogP contribution in [0.25, 0.3) is 5.57 Å². The van der Waals surface area contributed by atoms with E-state index in [1.165, 1.54) is 6.92 Å². The summed E-state index contributed by atoms with van der Waals surface area (Å²) in [6.07, 6.45) is 0.